The van der Waals surface area contributed by atoms with E-state index in [0.29, 0.717) is 18.7 Å². The van der Waals surface area contributed by atoms with Crippen LogP contribution in [0.15, 0.2) is 48.5 Å². The maximum Gasteiger partial charge on any atom is 0.159 e. The van der Waals surface area contributed by atoms with E-state index >= 15 is 0 Å². The van der Waals surface area contributed by atoms with Crippen LogP contribution in [0, 0.1) is 11.6 Å². The van der Waals surface area contributed by atoms with Crippen molar-refractivity contribution in [3.05, 3.63) is 71.3 Å². The molecule has 0 bridgehead atoms. The van der Waals surface area contributed by atoms with E-state index in [0.717, 1.165) is 11.6 Å². The number of hydrogen-bond donors (Lipinski definition) is 1. The van der Waals surface area contributed by atoms with Gasteiger partial charge in [-0.3, -0.25) is 0 Å². The summed E-state index contributed by atoms with van der Waals surface area (Å²) in [4.78, 5) is 0. The average Bonchev–Trinajstić information content (AvgIpc) is 2.51. The van der Waals surface area contributed by atoms with Gasteiger partial charge < -0.3 is 10.1 Å². The second kappa shape index (κ2) is 5.69. The lowest BCUT2D eigenvalue weighted by atomic mass is 10.0. The number of benzene rings is 2. The molecule has 0 radical (unpaired) electrons. The minimum atomic E-state index is -0.837. The van der Waals surface area contributed by atoms with Crippen molar-refractivity contribution in [1.82, 2.24) is 5.32 Å². The summed E-state index contributed by atoms with van der Waals surface area (Å²) in [6, 6.07) is 14.1. The summed E-state index contributed by atoms with van der Waals surface area (Å²) in [7, 11) is 0. The van der Waals surface area contributed by atoms with Crippen LogP contribution >= 0.6 is 0 Å². The Kier molecular flexibility index (Phi) is 3.76. The zero-order valence-electron chi connectivity index (χ0n) is 10.9. The number of morpholine rings is 1. The predicted octanol–water partition coefficient (Wildman–Crippen LogP) is 3.37. The molecule has 3 rings (SSSR count). The normalized spacial score (nSPS) is 22.7. The van der Waals surface area contributed by atoms with Gasteiger partial charge in [0.2, 0.25) is 0 Å². The first-order valence-electron chi connectivity index (χ1n) is 6.59. The van der Waals surface area contributed by atoms with Crippen LogP contribution in [0.25, 0.3) is 0 Å². The van der Waals surface area contributed by atoms with Crippen LogP contribution in [-0.2, 0) is 4.74 Å². The van der Waals surface area contributed by atoms with E-state index in [1.54, 1.807) is 6.07 Å². The molecule has 1 aliphatic heterocycles. The van der Waals surface area contributed by atoms with Crippen LogP contribution < -0.4 is 5.32 Å². The van der Waals surface area contributed by atoms with Crippen molar-refractivity contribution in [2.45, 2.75) is 12.1 Å². The van der Waals surface area contributed by atoms with E-state index in [9.17, 15) is 8.78 Å². The Morgan fingerprint density at radius 2 is 1.75 bits per heavy atom. The van der Waals surface area contributed by atoms with E-state index in [-0.39, 0.29) is 12.1 Å². The van der Waals surface area contributed by atoms with Gasteiger partial charge in [-0.15, -0.1) is 0 Å². The fourth-order valence-electron chi connectivity index (χ4n) is 2.41. The minimum absolute atomic E-state index is 0.137. The Balaban J connectivity index is 1.68. The maximum absolute atomic E-state index is 13.2. The molecule has 4 heteroatoms. The molecule has 0 saturated carbocycles. The van der Waals surface area contributed by atoms with Gasteiger partial charge in [-0.2, -0.15) is 0 Å². The molecule has 1 heterocycles. The fraction of sp³-hybridized carbons (Fsp3) is 0.250. The SMILES string of the molecule is Fc1ccc(C2CNC(c3ccccc3)CO2)cc1F. The van der Waals surface area contributed by atoms with Gasteiger partial charge in [0.25, 0.3) is 0 Å². The average molecular weight is 275 g/mol. The molecule has 1 aliphatic rings. The van der Waals surface area contributed by atoms with Crippen LogP contribution in [-0.4, -0.2) is 13.2 Å². The van der Waals surface area contributed by atoms with Crippen LogP contribution in [0.2, 0.25) is 0 Å². The molecule has 0 aliphatic carbocycles. The molecule has 0 spiro atoms. The van der Waals surface area contributed by atoms with Crippen molar-refractivity contribution in [3.8, 4) is 0 Å². The largest absolute Gasteiger partial charge is 0.370 e. The van der Waals surface area contributed by atoms with Crippen molar-refractivity contribution in [3.63, 3.8) is 0 Å². The molecule has 2 aromatic rings. The third kappa shape index (κ3) is 2.71. The number of ether oxygens (including phenoxy) is 1. The van der Waals surface area contributed by atoms with Crippen molar-refractivity contribution in [2.24, 2.45) is 0 Å². The molecule has 1 fully saturated rings. The lowest BCUT2D eigenvalue weighted by molar-refractivity contribution is 0.00217. The summed E-state index contributed by atoms with van der Waals surface area (Å²) < 4.78 is 31.9. The highest BCUT2D eigenvalue weighted by Crippen LogP contribution is 2.26. The summed E-state index contributed by atoms with van der Waals surface area (Å²) in [5.74, 6) is -1.67. The Labute approximate surface area is 116 Å². The topological polar surface area (TPSA) is 21.3 Å². The summed E-state index contributed by atoms with van der Waals surface area (Å²) in [5.41, 5.74) is 1.82. The number of rotatable bonds is 2. The van der Waals surface area contributed by atoms with Crippen LogP contribution in [0.5, 0.6) is 0 Å². The first-order chi connectivity index (χ1) is 9.74. The monoisotopic (exact) mass is 275 g/mol. The highest BCUT2D eigenvalue weighted by Gasteiger charge is 2.23. The number of halogens is 2. The quantitative estimate of drug-likeness (QED) is 0.907. The highest BCUT2D eigenvalue weighted by atomic mass is 19.2. The van der Waals surface area contributed by atoms with E-state index in [2.05, 4.69) is 5.32 Å². The standard InChI is InChI=1S/C16H15F2NO/c17-13-7-6-12(8-14(13)18)16-9-19-15(10-20-16)11-4-2-1-3-5-11/h1-8,15-16,19H,9-10H2. The van der Waals surface area contributed by atoms with E-state index < -0.39 is 11.6 Å². The molecule has 0 amide bonds. The number of hydrogen-bond acceptors (Lipinski definition) is 2. The first kappa shape index (κ1) is 13.2. The lowest BCUT2D eigenvalue weighted by Gasteiger charge is -2.31. The van der Waals surface area contributed by atoms with E-state index in [4.69, 9.17) is 4.74 Å². The van der Waals surface area contributed by atoms with Gasteiger partial charge in [0, 0.05) is 6.54 Å². The molecule has 2 unspecified atom stereocenters. The van der Waals surface area contributed by atoms with Crippen molar-refractivity contribution >= 4 is 0 Å². The van der Waals surface area contributed by atoms with Crippen LogP contribution in [0.4, 0.5) is 8.78 Å². The van der Waals surface area contributed by atoms with Crippen molar-refractivity contribution < 1.29 is 13.5 Å². The molecule has 2 nitrogen and oxygen atoms in total. The van der Waals surface area contributed by atoms with E-state index in [1.165, 1.54) is 6.07 Å². The molecule has 104 valence electrons. The van der Waals surface area contributed by atoms with Crippen molar-refractivity contribution in [2.75, 3.05) is 13.2 Å². The van der Waals surface area contributed by atoms with Gasteiger partial charge in [-0.05, 0) is 23.3 Å². The molecule has 20 heavy (non-hydrogen) atoms. The predicted molar refractivity (Wildman–Crippen MR) is 72.2 cm³/mol. The van der Waals surface area contributed by atoms with Gasteiger partial charge in [0.1, 0.15) is 0 Å². The smallest absolute Gasteiger partial charge is 0.159 e. The Morgan fingerprint density at radius 1 is 0.950 bits per heavy atom. The third-order valence-electron chi connectivity index (χ3n) is 3.53. The van der Waals surface area contributed by atoms with Gasteiger partial charge in [-0.25, -0.2) is 8.78 Å². The summed E-state index contributed by atoms with van der Waals surface area (Å²) in [6.07, 6.45) is -0.245. The molecule has 2 aromatic carbocycles. The Hall–Kier alpha value is -1.78. The minimum Gasteiger partial charge on any atom is -0.370 e. The van der Waals surface area contributed by atoms with Gasteiger partial charge in [0.15, 0.2) is 11.6 Å². The first-order valence-corrected chi connectivity index (χ1v) is 6.59. The Morgan fingerprint density at radius 3 is 2.40 bits per heavy atom. The number of nitrogens with one attached hydrogen (secondary N) is 1. The molecule has 2 atom stereocenters. The Bertz CT molecular complexity index is 580. The summed E-state index contributed by atoms with van der Waals surface area (Å²) in [6.45, 7) is 1.08. The molecule has 1 saturated heterocycles. The van der Waals surface area contributed by atoms with Gasteiger partial charge in [0.05, 0.1) is 18.8 Å². The zero-order chi connectivity index (χ0) is 13.9. The van der Waals surface area contributed by atoms with Crippen molar-refractivity contribution in [1.29, 1.82) is 0 Å². The molecular weight excluding hydrogens is 260 g/mol. The second-order valence-corrected chi connectivity index (χ2v) is 4.87. The van der Waals surface area contributed by atoms with Gasteiger partial charge in [-0.1, -0.05) is 36.4 Å². The highest BCUT2D eigenvalue weighted by molar-refractivity contribution is 5.23. The maximum atomic E-state index is 13.2. The summed E-state index contributed by atoms with van der Waals surface area (Å²) in [5, 5.41) is 3.38. The summed E-state index contributed by atoms with van der Waals surface area (Å²) >= 11 is 0. The van der Waals surface area contributed by atoms with Crippen LogP contribution in [0.1, 0.15) is 23.3 Å². The van der Waals surface area contributed by atoms with Gasteiger partial charge >= 0.3 is 0 Å². The molecule has 0 aromatic heterocycles. The lowest BCUT2D eigenvalue weighted by Crippen LogP contribution is -2.36. The zero-order valence-corrected chi connectivity index (χ0v) is 10.9. The van der Waals surface area contributed by atoms with Crippen LogP contribution in [0.3, 0.4) is 0 Å². The third-order valence-corrected chi connectivity index (χ3v) is 3.53. The van der Waals surface area contributed by atoms with E-state index in [1.807, 2.05) is 30.3 Å². The molecular formula is C16H15F2NO. The fourth-order valence-corrected chi connectivity index (χ4v) is 2.41. The second-order valence-electron chi connectivity index (χ2n) is 4.87. The molecule has 1 N–H and O–H groups in total.